The molecule has 9 heteroatoms. The molecule has 3 aromatic rings. The normalized spacial score (nSPS) is 11.0. The van der Waals surface area contributed by atoms with Gasteiger partial charge in [-0.3, -0.25) is 19.5 Å². The maximum absolute atomic E-state index is 13.4. The Morgan fingerprint density at radius 2 is 1.93 bits per heavy atom. The molecule has 1 aromatic carbocycles. The van der Waals surface area contributed by atoms with Crippen LogP contribution in [-0.4, -0.2) is 27.2 Å². The van der Waals surface area contributed by atoms with Crippen molar-refractivity contribution in [2.24, 2.45) is 5.73 Å². The highest BCUT2D eigenvalue weighted by Crippen LogP contribution is 2.30. The predicted molar refractivity (Wildman–Crippen MR) is 113 cm³/mol. The van der Waals surface area contributed by atoms with E-state index in [1.807, 2.05) is 51.2 Å². The Bertz CT molecular complexity index is 1160. The van der Waals surface area contributed by atoms with Gasteiger partial charge in [-0.15, -0.1) is 11.3 Å². The summed E-state index contributed by atoms with van der Waals surface area (Å²) in [6, 6.07) is 4.81. The monoisotopic (exact) mass is 416 g/mol. The van der Waals surface area contributed by atoms with Crippen molar-refractivity contribution in [2.75, 3.05) is 5.75 Å². The number of hydrogen-bond donors (Lipinski definition) is 2. The smallest absolute Gasteiger partial charge is 0.318 e. The van der Waals surface area contributed by atoms with Crippen LogP contribution in [0.3, 0.4) is 0 Å². The predicted octanol–water partition coefficient (Wildman–Crippen LogP) is 2.97. The summed E-state index contributed by atoms with van der Waals surface area (Å²) < 4.78 is 1.55. The molecule has 0 aliphatic carbocycles. The number of benzene rings is 1. The van der Waals surface area contributed by atoms with E-state index in [4.69, 9.17) is 5.73 Å². The quantitative estimate of drug-likeness (QED) is 0.502. The lowest BCUT2D eigenvalue weighted by Gasteiger charge is -2.15. The second-order valence-electron chi connectivity index (χ2n) is 6.42. The van der Waals surface area contributed by atoms with Gasteiger partial charge in [0.1, 0.15) is 4.83 Å². The van der Waals surface area contributed by atoms with Gasteiger partial charge in [-0.2, -0.15) is 0 Å². The van der Waals surface area contributed by atoms with E-state index in [-0.39, 0.29) is 11.3 Å². The molecule has 0 atom stereocenters. The van der Waals surface area contributed by atoms with E-state index in [1.54, 1.807) is 4.57 Å². The molecule has 0 saturated heterocycles. The molecule has 3 N–H and O–H groups in total. The molecule has 0 radical (unpaired) electrons. The minimum atomic E-state index is -0.912. The molecular formula is C19H20N4O3S2. The van der Waals surface area contributed by atoms with Crippen molar-refractivity contribution in [3.05, 3.63) is 50.1 Å². The molecule has 0 fully saturated rings. The summed E-state index contributed by atoms with van der Waals surface area (Å²) in [4.78, 5) is 42.5. The third kappa shape index (κ3) is 3.67. The van der Waals surface area contributed by atoms with Crippen LogP contribution in [-0.2, 0) is 4.79 Å². The number of primary amides is 1. The zero-order valence-electron chi connectivity index (χ0n) is 16.0. The topological polar surface area (TPSA) is 107 Å². The van der Waals surface area contributed by atoms with Crippen LogP contribution in [0.15, 0.2) is 28.2 Å². The van der Waals surface area contributed by atoms with Gasteiger partial charge in [-0.1, -0.05) is 23.9 Å². The van der Waals surface area contributed by atoms with Crippen LogP contribution in [0.1, 0.15) is 21.6 Å². The van der Waals surface area contributed by atoms with Crippen molar-refractivity contribution in [3.63, 3.8) is 0 Å². The lowest BCUT2D eigenvalue weighted by molar-refractivity contribution is -0.117. The Balaban J connectivity index is 2.21. The highest BCUT2D eigenvalue weighted by atomic mass is 32.2. The number of nitrogens with one attached hydrogen (secondary N) is 1. The van der Waals surface area contributed by atoms with Gasteiger partial charge in [0.05, 0.1) is 16.8 Å². The first-order valence-electron chi connectivity index (χ1n) is 8.52. The summed E-state index contributed by atoms with van der Waals surface area (Å²) >= 11 is 2.54. The summed E-state index contributed by atoms with van der Waals surface area (Å²) in [6.07, 6.45) is 0. The fraction of sp³-hybridized carbons (Fsp3) is 0.263. The number of thiophene rings is 1. The summed E-state index contributed by atoms with van der Waals surface area (Å²) in [5, 5.41) is 3.01. The molecule has 3 rings (SSSR count). The van der Waals surface area contributed by atoms with Crippen molar-refractivity contribution >= 4 is 45.3 Å². The molecule has 0 aliphatic heterocycles. The van der Waals surface area contributed by atoms with Crippen molar-refractivity contribution in [3.8, 4) is 5.69 Å². The minimum absolute atomic E-state index is 0.0882. The molecule has 2 heterocycles. The van der Waals surface area contributed by atoms with E-state index in [0.717, 1.165) is 39.0 Å². The molecule has 28 heavy (non-hydrogen) atoms. The number of aryl methyl sites for hydroxylation is 3. The van der Waals surface area contributed by atoms with Crippen LogP contribution in [0, 0.1) is 27.7 Å². The molecule has 0 spiro atoms. The molecule has 2 aromatic heterocycles. The van der Waals surface area contributed by atoms with E-state index in [1.165, 1.54) is 11.3 Å². The molecule has 146 valence electrons. The van der Waals surface area contributed by atoms with E-state index in [9.17, 15) is 14.4 Å². The third-order valence-electron chi connectivity index (χ3n) is 4.58. The Labute approximate surface area is 170 Å². The van der Waals surface area contributed by atoms with Gasteiger partial charge < -0.3 is 5.73 Å². The van der Waals surface area contributed by atoms with Crippen LogP contribution in [0.5, 0.6) is 0 Å². The summed E-state index contributed by atoms with van der Waals surface area (Å²) in [5.41, 5.74) is 8.46. The average Bonchev–Trinajstić information content (AvgIpc) is 2.90. The van der Waals surface area contributed by atoms with Crippen LogP contribution in [0.4, 0.5) is 4.79 Å². The molecule has 3 amide bonds. The van der Waals surface area contributed by atoms with Crippen LogP contribution in [0.2, 0.25) is 0 Å². The summed E-state index contributed by atoms with van der Waals surface area (Å²) in [7, 11) is 0. The first kappa shape index (κ1) is 20.1. The van der Waals surface area contributed by atoms with Gasteiger partial charge in [0.25, 0.3) is 5.56 Å². The van der Waals surface area contributed by atoms with E-state index >= 15 is 0 Å². The molecule has 7 nitrogen and oxygen atoms in total. The van der Waals surface area contributed by atoms with Crippen molar-refractivity contribution in [2.45, 2.75) is 32.9 Å². The lowest BCUT2D eigenvalue weighted by atomic mass is 10.1. The SMILES string of the molecule is Cc1cccc(-n2c(SCC(=O)NC(N)=O)nc3sc(C)c(C)c3c2=O)c1C. The average molecular weight is 417 g/mol. The zero-order chi connectivity index (χ0) is 20.6. The highest BCUT2D eigenvalue weighted by Gasteiger charge is 2.20. The number of carbonyl (C=O) groups excluding carboxylic acids is 2. The van der Waals surface area contributed by atoms with Crippen molar-refractivity contribution in [1.82, 2.24) is 14.9 Å². The zero-order valence-corrected chi connectivity index (χ0v) is 17.6. The fourth-order valence-electron chi connectivity index (χ4n) is 2.87. The molecule has 0 unspecified atom stereocenters. The maximum Gasteiger partial charge on any atom is 0.318 e. The lowest BCUT2D eigenvalue weighted by Crippen LogP contribution is -2.36. The molecule has 0 saturated carbocycles. The standard InChI is InChI=1S/C19H20N4O3S2/c1-9-6-5-7-13(10(9)2)23-17(25)15-11(3)12(4)28-16(15)22-19(23)27-8-14(24)21-18(20)26/h5-7H,8H2,1-4H3,(H3,20,21,24,26). The number of carbonyl (C=O) groups is 2. The van der Waals surface area contributed by atoms with Crippen LogP contribution in [0.25, 0.3) is 15.9 Å². The second-order valence-corrected chi connectivity index (χ2v) is 8.56. The molecule has 0 bridgehead atoms. The van der Waals surface area contributed by atoms with Gasteiger partial charge in [0.2, 0.25) is 5.91 Å². The summed E-state index contributed by atoms with van der Waals surface area (Å²) in [6.45, 7) is 7.79. The Hall–Kier alpha value is -2.65. The van der Waals surface area contributed by atoms with E-state index in [2.05, 4.69) is 4.98 Å². The molecule has 0 aliphatic rings. The molecular weight excluding hydrogens is 396 g/mol. The van der Waals surface area contributed by atoms with Gasteiger partial charge in [-0.05, 0) is 50.5 Å². The van der Waals surface area contributed by atoms with E-state index < -0.39 is 11.9 Å². The number of nitrogens with two attached hydrogens (primary N) is 1. The number of urea groups is 1. The highest BCUT2D eigenvalue weighted by molar-refractivity contribution is 7.99. The third-order valence-corrected chi connectivity index (χ3v) is 6.62. The van der Waals surface area contributed by atoms with Gasteiger partial charge >= 0.3 is 6.03 Å². The number of aromatic nitrogens is 2. The number of hydrogen-bond acceptors (Lipinski definition) is 6. The number of amides is 3. The Kier molecular flexibility index (Phi) is 5.57. The van der Waals surface area contributed by atoms with Crippen molar-refractivity contribution < 1.29 is 9.59 Å². The second kappa shape index (κ2) is 7.76. The Morgan fingerprint density at radius 1 is 1.21 bits per heavy atom. The number of thioether (sulfide) groups is 1. The van der Waals surface area contributed by atoms with Gasteiger partial charge in [0, 0.05) is 4.88 Å². The van der Waals surface area contributed by atoms with Crippen molar-refractivity contribution in [1.29, 1.82) is 0 Å². The Morgan fingerprint density at radius 3 is 2.61 bits per heavy atom. The first-order valence-corrected chi connectivity index (χ1v) is 10.3. The number of rotatable bonds is 4. The first-order chi connectivity index (χ1) is 13.2. The van der Waals surface area contributed by atoms with Crippen LogP contribution >= 0.6 is 23.1 Å². The maximum atomic E-state index is 13.4. The van der Waals surface area contributed by atoms with Crippen LogP contribution < -0.4 is 16.6 Å². The van der Waals surface area contributed by atoms with Gasteiger partial charge in [-0.25, -0.2) is 9.78 Å². The van der Waals surface area contributed by atoms with E-state index in [0.29, 0.717) is 15.4 Å². The fourth-order valence-corrected chi connectivity index (χ4v) is 4.74. The number of nitrogens with zero attached hydrogens (tertiary/aromatic N) is 2. The largest absolute Gasteiger partial charge is 0.351 e. The minimum Gasteiger partial charge on any atom is -0.351 e. The summed E-state index contributed by atoms with van der Waals surface area (Å²) in [5.74, 6) is -0.632. The van der Waals surface area contributed by atoms with Gasteiger partial charge in [0.15, 0.2) is 5.16 Å². The number of fused-ring (bicyclic) bond motifs is 1. The number of imide groups is 1.